The summed E-state index contributed by atoms with van der Waals surface area (Å²) in [5, 5.41) is 11.5. The summed E-state index contributed by atoms with van der Waals surface area (Å²) in [6.07, 6.45) is 0.885. The van der Waals surface area contributed by atoms with Crippen molar-refractivity contribution < 1.29 is 14.7 Å². The van der Waals surface area contributed by atoms with Crippen LogP contribution < -0.4 is 5.32 Å². The SMILES string of the molecule is C[C@H](CCO)NC(=O)CCC(=O)c1ccc(Br)cc1. The molecule has 0 aliphatic heterocycles. The average Bonchev–Trinajstić information content (AvgIpc) is 2.37. The van der Waals surface area contributed by atoms with Crippen LogP contribution in [0.25, 0.3) is 0 Å². The third kappa shape index (κ3) is 5.98. The molecule has 0 fully saturated rings. The van der Waals surface area contributed by atoms with Gasteiger partial charge in [-0.25, -0.2) is 0 Å². The van der Waals surface area contributed by atoms with Crippen molar-refractivity contribution in [3.8, 4) is 0 Å². The van der Waals surface area contributed by atoms with Gasteiger partial charge in [-0.3, -0.25) is 9.59 Å². The molecule has 0 saturated carbocycles. The first-order valence-electron chi connectivity index (χ1n) is 6.22. The highest BCUT2D eigenvalue weighted by molar-refractivity contribution is 9.10. The summed E-state index contributed by atoms with van der Waals surface area (Å²) in [4.78, 5) is 23.4. The Balaban J connectivity index is 2.37. The molecule has 0 bridgehead atoms. The molecule has 0 spiro atoms. The van der Waals surface area contributed by atoms with Crippen LogP contribution in [0.3, 0.4) is 0 Å². The Kier molecular flexibility index (Phi) is 6.73. The molecule has 1 atom stereocenters. The van der Waals surface area contributed by atoms with E-state index in [0.717, 1.165) is 4.47 Å². The number of amides is 1. The Hall–Kier alpha value is -1.20. The number of benzene rings is 1. The molecular weight excluding hydrogens is 310 g/mol. The van der Waals surface area contributed by atoms with Crippen molar-refractivity contribution in [1.82, 2.24) is 5.32 Å². The van der Waals surface area contributed by atoms with Crippen LogP contribution in [0.15, 0.2) is 28.7 Å². The molecule has 2 N–H and O–H groups in total. The standard InChI is InChI=1S/C14H18BrNO3/c1-10(8-9-17)16-14(19)7-6-13(18)11-2-4-12(15)5-3-11/h2-5,10,17H,6-9H2,1H3,(H,16,19)/t10-/m1/s1. The molecule has 0 aliphatic rings. The Morgan fingerprint density at radius 1 is 1.26 bits per heavy atom. The number of hydrogen-bond donors (Lipinski definition) is 2. The largest absolute Gasteiger partial charge is 0.396 e. The fraction of sp³-hybridized carbons (Fsp3) is 0.429. The molecule has 104 valence electrons. The Morgan fingerprint density at radius 2 is 1.89 bits per heavy atom. The summed E-state index contributed by atoms with van der Waals surface area (Å²) in [7, 11) is 0. The van der Waals surface area contributed by atoms with Gasteiger partial charge in [0.25, 0.3) is 0 Å². The van der Waals surface area contributed by atoms with Gasteiger partial charge in [0, 0.05) is 35.5 Å². The van der Waals surface area contributed by atoms with E-state index in [1.54, 1.807) is 24.3 Å². The number of aliphatic hydroxyl groups excluding tert-OH is 1. The Labute approximate surface area is 121 Å². The van der Waals surface area contributed by atoms with E-state index in [1.165, 1.54) is 0 Å². The number of carbonyl (C=O) groups excluding carboxylic acids is 2. The zero-order valence-electron chi connectivity index (χ0n) is 10.9. The topological polar surface area (TPSA) is 66.4 Å². The summed E-state index contributed by atoms with van der Waals surface area (Å²) < 4.78 is 0.916. The zero-order valence-corrected chi connectivity index (χ0v) is 12.4. The normalized spacial score (nSPS) is 11.9. The van der Waals surface area contributed by atoms with E-state index in [-0.39, 0.29) is 37.2 Å². The predicted octanol–water partition coefficient (Wildman–Crippen LogP) is 2.30. The number of Topliss-reactive ketones (excluding diaryl/α,β-unsaturated/α-hetero) is 1. The van der Waals surface area contributed by atoms with E-state index in [9.17, 15) is 9.59 Å². The van der Waals surface area contributed by atoms with Crippen LogP contribution in [0.1, 0.15) is 36.5 Å². The van der Waals surface area contributed by atoms with Gasteiger partial charge in [0.2, 0.25) is 5.91 Å². The lowest BCUT2D eigenvalue weighted by atomic mass is 10.1. The maximum atomic E-state index is 11.8. The monoisotopic (exact) mass is 327 g/mol. The first-order chi connectivity index (χ1) is 9.02. The number of rotatable bonds is 7. The van der Waals surface area contributed by atoms with Crippen LogP contribution in [-0.4, -0.2) is 29.4 Å². The molecule has 0 aromatic heterocycles. The average molecular weight is 328 g/mol. The van der Waals surface area contributed by atoms with Crippen molar-refractivity contribution in [1.29, 1.82) is 0 Å². The van der Waals surface area contributed by atoms with Gasteiger partial charge in [0.15, 0.2) is 5.78 Å². The minimum absolute atomic E-state index is 0.0409. The van der Waals surface area contributed by atoms with Gasteiger partial charge in [0.1, 0.15) is 0 Å². The van der Waals surface area contributed by atoms with Gasteiger partial charge in [-0.1, -0.05) is 28.1 Å². The van der Waals surface area contributed by atoms with Gasteiger partial charge in [0.05, 0.1) is 0 Å². The van der Waals surface area contributed by atoms with E-state index in [1.807, 2.05) is 6.92 Å². The summed E-state index contributed by atoms with van der Waals surface area (Å²) >= 11 is 3.30. The molecule has 1 amide bonds. The number of hydrogen-bond acceptors (Lipinski definition) is 3. The molecule has 1 aromatic rings. The molecule has 0 unspecified atom stereocenters. The molecule has 0 heterocycles. The smallest absolute Gasteiger partial charge is 0.220 e. The number of ketones is 1. The first kappa shape index (κ1) is 15.9. The van der Waals surface area contributed by atoms with Gasteiger partial charge >= 0.3 is 0 Å². The molecule has 0 saturated heterocycles. The van der Waals surface area contributed by atoms with Crippen LogP contribution in [0.4, 0.5) is 0 Å². The number of nitrogens with one attached hydrogen (secondary N) is 1. The Bertz CT molecular complexity index is 431. The minimum Gasteiger partial charge on any atom is -0.396 e. The van der Waals surface area contributed by atoms with Crippen LogP contribution in [0.2, 0.25) is 0 Å². The van der Waals surface area contributed by atoms with E-state index in [4.69, 9.17) is 5.11 Å². The summed E-state index contributed by atoms with van der Waals surface area (Å²) in [6, 6.07) is 7.00. The molecule has 5 heteroatoms. The van der Waals surface area contributed by atoms with Crippen LogP contribution in [-0.2, 0) is 4.79 Å². The summed E-state index contributed by atoms with van der Waals surface area (Å²) in [6.45, 7) is 1.87. The van der Waals surface area contributed by atoms with E-state index in [0.29, 0.717) is 12.0 Å². The second kappa shape index (κ2) is 8.07. The quantitative estimate of drug-likeness (QED) is 0.755. The zero-order chi connectivity index (χ0) is 14.3. The number of halogens is 1. The summed E-state index contributed by atoms with van der Waals surface area (Å²) in [5.74, 6) is -0.205. The Morgan fingerprint density at radius 3 is 2.47 bits per heavy atom. The maximum absolute atomic E-state index is 11.8. The first-order valence-corrected chi connectivity index (χ1v) is 7.01. The second-order valence-electron chi connectivity index (χ2n) is 4.41. The highest BCUT2D eigenvalue weighted by Crippen LogP contribution is 2.12. The van der Waals surface area contributed by atoms with Crippen molar-refractivity contribution in [3.05, 3.63) is 34.3 Å². The molecule has 0 aliphatic carbocycles. The van der Waals surface area contributed by atoms with Crippen molar-refractivity contribution in [2.24, 2.45) is 0 Å². The van der Waals surface area contributed by atoms with Gasteiger partial charge in [-0.05, 0) is 25.5 Å². The van der Waals surface area contributed by atoms with Crippen molar-refractivity contribution in [2.75, 3.05) is 6.61 Å². The molecule has 4 nitrogen and oxygen atoms in total. The lowest BCUT2D eigenvalue weighted by molar-refractivity contribution is -0.121. The lowest BCUT2D eigenvalue weighted by Gasteiger charge is -2.11. The molecule has 1 rings (SSSR count). The second-order valence-corrected chi connectivity index (χ2v) is 5.33. The lowest BCUT2D eigenvalue weighted by Crippen LogP contribution is -2.33. The van der Waals surface area contributed by atoms with E-state index >= 15 is 0 Å². The number of aliphatic hydroxyl groups is 1. The highest BCUT2D eigenvalue weighted by Gasteiger charge is 2.11. The van der Waals surface area contributed by atoms with Crippen LogP contribution in [0.5, 0.6) is 0 Å². The van der Waals surface area contributed by atoms with Gasteiger partial charge in [-0.2, -0.15) is 0 Å². The molecule has 1 aromatic carbocycles. The van der Waals surface area contributed by atoms with E-state index in [2.05, 4.69) is 21.2 Å². The maximum Gasteiger partial charge on any atom is 0.220 e. The molecule has 19 heavy (non-hydrogen) atoms. The van der Waals surface area contributed by atoms with Crippen molar-refractivity contribution in [3.63, 3.8) is 0 Å². The van der Waals surface area contributed by atoms with Crippen LogP contribution in [0, 0.1) is 0 Å². The predicted molar refractivity (Wildman–Crippen MR) is 77.0 cm³/mol. The van der Waals surface area contributed by atoms with Crippen LogP contribution >= 0.6 is 15.9 Å². The van der Waals surface area contributed by atoms with Crippen molar-refractivity contribution in [2.45, 2.75) is 32.2 Å². The minimum atomic E-state index is -0.161. The van der Waals surface area contributed by atoms with Crippen molar-refractivity contribution >= 4 is 27.6 Å². The third-order valence-electron chi connectivity index (χ3n) is 2.71. The summed E-state index contributed by atoms with van der Waals surface area (Å²) in [5.41, 5.74) is 0.611. The fourth-order valence-corrected chi connectivity index (χ4v) is 1.88. The van der Waals surface area contributed by atoms with E-state index < -0.39 is 0 Å². The highest BCUT2D eigenvalue weighted by atomic mass is 79.9. The van der Waals surface area contributed by atoms with Gasteiger partial charge in [-0.15, -0.1) is 0 Å². The third-order valence-corrected chi connectivity index (χ3v) is 3.24. The molecular formula is C14H18BrNO3. The number of carbonyl (C=O) groups is 2. The molecule has 0 radical (unpaired) electrons. The fourth-order valence-electron chi connectivity index (χ4n) is 1.62. The van der Waals surface area contributed by atoms with Gasteiger partial charge < -0.3 is 10.4 Å².